The van der Waals surface area contributed by atoms with Gasteiger partial charge in [0.2, 0.25) is 0 Å². The van der Waals surface area contributed by atoms with E-state index in [1.165, 1.54) is 104 Å². The average Bonchev–Trinajstić information content (AvgIpc) is 3.88. The molecule has 57 heavy (non-hydrogen) atoms. The third-order valence-corrected chi connectivity index (χ3v) is 16.8. The Balaban J connectivity index is 0.951. The lowest BCUT2D eigenvalue weighted by Crippen LogP contribution is -2.50. The summed E-state index contributed by atoms with van der Waals surface area (Å²) in [5.74, 6) is 1.01. The number of rotatable bonds is 4. The molecule has 2 heterocycles. The van der Waals surface area contributed by atoms with Gasteiger partial charge in [-0.05, 0) is 167 Å². The van der Waals surface area contributed by atoms with Crippen molar-refractivity contribution in [2.45, 2.75) is 109 Å². The molecule has 0 bridgehead atoms. The van der Waals surface area contributed by atoms with Crippen LogP contribution in [0.25, 0.3) is 33.4 Å². The molecule has 5 aliphatic rings. The van der Waals surface area contributed by atoms with Gasteiger partial charge in [-0.25, -0.2) is 0 Å². The fourth-order valence-electron chi connectivity index (χ4n) is 12.9. The number of hydrogen-bond acceptors (Lipinski definition) is 2. The Bertz CT molecular complexity index is 2430. The predicted octanol–water partition coefficient (Wildman–Crippen LogP) is 15.0. The van der Waals surface area contributed by atoms with Crippen molar-refractivity contribution in [3.05, 3.63) is 156 Å². The summed E-state index contributed by atoms with van der Waals surface area (Å²) in [7, 11) is 0. The number of fused-ring (bicyclic) bond motifs is 9. The van der Waals surface area contributed by atoms with Gasteiger partial charge in [0.15, 0.2) is 0 Å². The van der Waals surface area contributed by atoms with E-state index in [1.54, 1.807) is 0 Å². The fourth-order valence-corrected chi connectivity index (χ4v) is 12.9. The van der Waals surface area contributed by atoms with E-state index in [1.807, 2.05) is 0 Å². The van der Waals surface area contributed by atoms with Crippen molar-refractivity contribution in [3.63, 3.8) is 0 Å². The first-order valence-electron chi connectivity index (χ1n) is 21.5. The summed E-state index contributed by atoms with van der Waals surface area (Å²) in [6, 6.07) is 51.4. The normalized spacial score (nSPS) is 26.5. The molecule has 4 unspecified atom stereocenters. The van der Waals surface area contributed by atoms with Gasteiger partial charge in [0.1, 0.15) is 0 Å². The summed E-state index contributed by atoms with van der Waals surface area (Å²) in [5, 5.41) is 0. The second kappa shape index (κ2) is 11.5. The molecule has 2 heteroatoms. The molecule has 4 atom stereocenters. The smallest absolute Gasteiger partial charge is 0.0543 e. The van der Waals surface area contributed by atoms with E-state index in [9.17, 15) is 0 Å². The van der Waals surface area contributed by atoms with Crippen LogP contribution in [-0.4, -0.2) is 11.1 Å². The Morgan fingerprint density at radius 3 is 1.19 bits per heavy atom. The van der Waals surface area contributed by atoms with Crippen LogP contribution >= 0.6 is 0 Å². The average molecular weight is 745 g/mol. The van der Waals surface area contributed by atoms with Crippen LogP contribution in [0.5, 0.6) is 0 Å². The molecule has 2 saturated carbocycles. The molecule has 0 aromatic heterocycles. The maximum absolute atomic E-state index is 2.68. The molecule has 2 fully saturated rings. The molecule has 286 valence electrons. The third kappa shape index (κ3) is 4.48. The molecule has 0 N–H and O–H groups in total. The molecule has 0 amide bonds. The zero-order valence-corrected chi connectivity index (χ0v) is 35.1. The van der Waals surface area contributed by atoms with Gasteiger partial charge in [-0.3, -0.25) is 0 Å². The minimum absolute atomic E-state index is 0.0298. The molecule has 6 aromatic rings. The molecule has 0 saturated heterocycles. The van der Waals surface area contributed by atoms with Gasteiger partial charge in [-0.15, -0.1) is 0 Å². The van der Waals surface area contributed by atoms with Crippen molar-refractivity contribution in [2.75, 3.05) is 9.80 Å². The number of anilines is 4. The van der Waals surface area contributed by atoms with E-state index in [4.69, 9.17) is 0 Å². The highest BCUT2D eigenvalue weighted by molar-refractivity contribution is 5.88. The Kier molecular flexibility index (Phi) is 7.10. The van der Waals surface area contributed by atoms with Crippen LogP contribution in [0, 0.1) is 10.8 Å². The molecule has 3 aliphatic carbocycles. The number of nitrogens with zero attached hydrogens (tertiary/aromatic N) is 2. The van der Waals surface area contributed by atoms with E-state index in [0.29, 0.717) is 11.8 Å². The van der Waals surface area contributed by atoms with E-state index in [-0.39, 0.29) is 27.3 Å². The Morgan fingerprint density at radius 1 is 0.421 bits per heavy atom. The van der Waals surface area contributed by atoms with E-state index >= 15 is 0 Å². The standard InChI is InChI=1S/C55H56N2/c1-51(2)29-27-45-43-31-35(21-25-49(43)56(54(45,51)7)39-15-11-9-12-16-39)37-19-23-41-42-24-20-38(34-48(42)53(5,6)47(41)33-37)36-22-26-50-44(32-36)46-28-30-52(3,4)55(46,8)57(50)40-17-13-10-14-18-40/h9-26,31-34,45-46H,27-30H2,1-8H3. The summed E-state index contributed by atoms with van der Waals surface area (Å²) in [6.07, 6.45) is 4.94. The van der Waals surface area contributed by atoms with Gasteiger partial charge >= 0.3 is 0 Å². The fraction of sp³-hybridized carbons (Fsp3) is 0.345. The molecule has 2 nitrogen and oxygen atoms in total. The predicted molar refractivity (Wildman–Crippen MR) is 240 cm³/mol. The van der Waals surface area contributed by atoms with Crippen LogP contribution < -0.4 is 9.80 Å². The van der Waals surface area contributed by atoms with E-state index < -0.39 is 0 Å². The third-order valence-electron chi connectivity index (χ3n) is 16.8. The largest absolute Gasteiger partial charge is 0.334 e. The number of hydrogen-bond donors (Lipinski definition) is 0. The summed E-state index contributed by atoms with van der Waals surface area (Å²) < 4.78 is 0. The number of benzene rings is 6. The second-order valence-corrected chi connectivity index (χ2v) is 20.3. The summed E-state index contributed by atoms with van der Waals surface area (Å²) in [6.45, 7) is 19.8. The first-order chi connectivity index (χ1) is 27.3. The van der Waals surface area contributed by atoms with Crippen LogP contribution in [0.15, 0.2) is 133 Å². The van der Waals surface area contributed by atoms with Gasteiger partial charge in [-0.2, -0.15) is 0 Å². The SMILES string of the molecule is CC1(C)c2cc(-c3ccc4c(c3)C3CCC(C)(C)C3(C)N4c3ccccc3)ccc2-c2ccc(-c3ccc4c(c3)C3CCC(C)(C)C3(C)N4c3ccccc3)cc21. The quantitative estimate of drug-likeness (QED) is 0.177. The highest BCUT2D eigenvalue weighted by Gasteiger charge is 2.62. The van der Waals surface area contributed by atoms with Gasteiger partial charge in [0, 0.05) is 40.0 Å². The molecular formula is C55H56N2. The first kappa shape index (κ1) is 35.1. The molecular weight excluding hydrogens is 689 g/mol. The Morgan fingerprint density at radius 2 is 0.789 bits per heavy atom. The zero-order valence-electron chi connectivity index (χ0n) is 35.1. The van der Waals surface area contributed by atoms with E-state index in [2.05, 4.69) is 199 Å². The van der Waals surface area contributed by atoms with Crippen molar-refractivity contribution < 1.29 is 0 Å². The highest BCUT2D eigenvalue weighted by atomic mass is 15.3. The lowest BCUT2D eigenvalue weighted by atomic mass is 9.72. The van der Waals surface area contributed by atoms with Gasteiger partial charge < -0.3 is 9.80 Å². The Hall–Kier alpha value is -5.08. The monoisotopic (exact) mass is 744 g/mol. The minimum atomic E-state index is -0.111. The van der Waals surface area contributed by atoms with Crippen LogP contribution in [0.3, 0.4) is 0 Å². The maximum atomic E-state index is 2.68. The van der Waals surface area contributed by atoms with Crippen molar-refractivity contribution in [1.82, 2.24) is 0 Å². The summed E-state index contributed by atoms with van der Waals surface area (Å²) in [5.41, 5.74) is 19.7. The van der Waals surface area contributed by atoms with Gasteiger partial charge in [-0.1, -0.05) is 114 Å². The Labute approximate surface area is 340 Å². The van der Waals surface area contributed by atoms with Crippen molar-refractivity contribution in [3.8, 4) is 33.4 Å². The molecule has 6 aromatic carbocycles. The van der Waals surface area contributed by atoms with Crippen LogP contribution in [0.2, 0.25) is 0 Å². The first-order valence-corrected chi connectivity index (χ1v) is 21.5. The molecule has 11 rings (SSSR count). The van der Waals surface area contributed by atoms with E-state index in [0.717, 1.165) is 0 Å². The van der Waals surface area contributed by atoms with Crippen LogP contribution in [0.1, 0.15) is 115 Å². The van der Waals surface area contributed by atoms with Crippen molar-refractivity contribution in [2.24, 2.45) is 10.8 Å². The maximum Gasteiger partial charge on any atom is 0.0543 e. The zero-order chi connectivity index (χ0) is 39.3. The van der Waals surface area contributed by atoms with Crippen LogP contribution in [0.4, 0.5) is 22.7 Å². The molecule has 0 radical (unpaired) electrons. The van der Waals surface area contributed by atoms with Crippen LogP contribution in [-0.2, 0) is 5.41 Å². The second-order valence-electron chi connectivity index (χ2n) is 20.3. The van der Waals surface area contributed by atoms with Gasteiger partial charge in [0.05, 0.1) is 11.1 Å². The lowest BCUT2D eigenvalue weighted by molar-refractivity contribution is 0.222. The van der Waals surface area contributed by atoms with Crippen molar-refractivity contribution >= 4 is 22.7 Å². The molecule has 2 aliphatic heterocycles. The lowest BCUT2D eigenvalue weighted by Gasteiger charge is -2.47. The number of para-hydroxylation sites is 2. The van der Waals surface area contributed by atoms with Gasteiger partial charge in [0.25, 0.3) is 0 Å². The summed E-state index contributed by atoms with van der Waals surface area (Å²) in [4.78, 5) is 5.36. The minimum Gasteiger partial charge on any atom is -0.334 e. The topological polar surface area (TPSA) is 6.48 Å². The summed E-state index contributed by atoms with van der Waals surface area (Å²) >= 11 is 0. The molecule has 0 spiro atoms. The van der Waals surface area contributed by atoms with Crippen molar-refractivity contribution in [1.29, 1.82) is 0 Å². The highest BCUT2D eigenvalue weighted by Crippen LogP contribution is 2.67.